The summed E-state index contributed by atoms with van der Waals surface area (Å²) in [7, 11) is 0. The summed E-state index contributed by atoms with van der Waals surface area (Å²) in [6, 6.07) is 0. The molecule has 3 unspecified atom stereocenters. The van der Waals surface area contributed by atoms with Crippen LogP contribution in [0.4, 0.5) is 0 Å². The molecule has 3 atom stereocenters. The van der Waals surface area contributed by atoms with Gasteiger partial charge in [-0.1, -0.05) is 26.7 Å². The summed E-state index contributed by atoms with van der Waals surface area (Å²) in [6.07, 6.45) is 4.05. The lowest BCUT2D eigenvalue weighted by Gasteiger charge is -2.48. The topological polar surface area (TPSA) is 69.7 Å². The molecule has 0 aromatic heterocycles. The summed E-state index contributed by atoms with van der Waals surface area (Å²) in [6.45, 7) is 6.24. The van der Waals surface area contributed by atoms with Gasteiger partial charge in [0.15, 0.2) is 0 Å². The van der Waals surface area contributed by atoms with E-state index in [4.69, 9.17) is 10.8 Å². The van der Waals surface area contributed by atoms with Crippen molar-refractivity contribution in [3.8, 4) is 0 Å². The maximum Gasteiger partial charge on any atom is 0.0897 e. The second kappa shape index (κ2) is 6.69. The van der Waals surface area contributed by atoms with Gasteiger partial charge in [0.05, 0.1) is 12.7 Å². The van der Waals surface area contributed by atoms with E-state index in [1.165, 1.54) is 12.8 Å². The van der Waals surface area contributed by atoms with E-state index in [0.29, 0.717) is 19.0 Å². The van der Waals surface area contributed by atoms with E-state index in [0.717, 1.165) is 19.4 Å². The monoisotopic (exact) mass is 244 g/mol. The molecular formula is C13H28N2O2. The fourth-order valence-electron chi connectivity index (χ4n) is 3.20. The Labute approximate surface area is 105 Å². The number of likely N-dealkylation sites (N-methyl/N-ethyl adjacent to an activating group) is 1. The molecule has 0 spiro atoms. The van der Waals surface area contributed by atoms with Crippen molar-refractivity contribution in [2.45, 2.75) is 51.2 Å². The Morgan fingerprint density at radius 2 is 2.24 bits per heavy atom. The summed E-state index contributed by atoms with van der Waals surface area (Å²) < 4.78 is 0. The average molecular weight is 244 g/mol. The molecule has 4 N–H and O–H groups in total. The molecule has 0 aromatic rings. The first-order valence-corrected chi connectivity index (χ1v) is 6.82. The lowest BCUT2D eigenvalue weighted by molar-refractivity contribution is -0.00917. The minimum absolute atomic E-state index is 0.0303. The van der Waals surface area contributed by atoms with Crippen LogP contribution in [-0.2, 0) is 0 Å². The minimum atomic E-state index is -0.657. The van der Waals surface area contributed by atoms with E-state index in [1.807, 2.05) is 0 Å². The highest BCUT2D eigenvalue weighted by Gasteiger charge is 2.38. The molecule has 4 nitrogen and oxygen atoms in total. The molecule has 1 aliphatic carbocycles. The van der Waals surface area contributed by atoms with Gasteiger partial charge in [-0.05, 0) is 25.3 Å². The molecule has 0 aromatic carbocycles. The zero-order valence-corrected chi connectivity index (χ0v) is 11.2. The third-order valence-corrected chi connectivity index (χ3v) is 4.14. The quantitative estimate of drug-likeness (QED) is 0.639. The van der Waals surface area contributed by atoms with Crippen molar-refractivity contribution in [2.75, 3.05) is 26.2 Å². The SMILES string of the molecule is CCN(CC(O)CO)C1(CN)CCCC(C)C1. The molecule has 0 heterocycles. The zero-order valence-electron chi connectivity index (χ0n) is 11.2. The minimum Gasteiger partial charge on any atom is -0.394 e. The number of nitrogens with zero attached hydrogens (tertiary/aromatic N) is 1. The highest BCUT2D eigenvalue weighted by atomic mass is 16.3. The van der Waals surface area contributed by atoms with E-state index < -0.39 is 6.10 Å². The van der Waals surface area contributed by atoms with Crippen molar-refractivity contribution in [3.63, 3.8) is 0 Å². The number of β-amino-alcohol motifs (C(OH)–C–C–N with tert-alkyl or cyclic N) is 1. The predicted octanol–water partition coefficient (Wildman–Crippen LogP) is 0.569. The number of hydrogen-bond acceptors (Lipinski definition) is 4. The van der Waals surface area contributed by atoms with E-state index in [2.05, 4.69) is 18.7 Å². The summed E-state index contributed by atoms with van der Waals surface area (Å²) in [5.41, 5.74) is 6.04. The highest BCUT2D eigenvalue weighted by Crippen LogP contribution is 2.36. The van der Waals surface area contributed by atoms with Crippen LogP contribution in [0.3, 0.4) is 0 Å². The van der Waals surface area contributed by atoms with Crippen molar-refractivity contribution >= 4 is 0 Å². The molecule has 4 heteroatoms. The number of aliphatic hydroxyl groups excluding tert-OH is 2. The molecule has 1 aliphatic rings. The van der Waals surface area contributed by atoms with Gasteiger partial charge in [-0.2, -0.15) is 0 Å². The average Bonchev–Trinajstić information content (AvgIpc) is 2.35. The second-order valence-corrected chi connectivity index (χ2v) is 5.51. The lowest BCUT2D eigenvalue weighted by Crippen LogP contribution is -2.58. The van der Waals surface area contributed by atoms with Crippen LogP contribution in [0.25, 0.3) is 0 Å². The van der Waals surface area contributed by atoms with Crippen molar-refractivity contribution in [1.29, 1.82) is 0 Å². The van der Waals surface area contributed by atoms with Gasteiger partial charge < -0.3 is 15.9 Å². The van der Waals surface area contributed by atoms with Gasteiger partial charge in [-0.3, -0.25) is 4.90 Å². The summed E-state index contributed by atoms with van der Waals surface area (Å²) in [5, 5.41) is 18.6. The summed E-state index contributed by atoms with van der Waals surface area (Å²) in [5.74, 6) is 0.701. The Kier molecular flexibility index (Phi) is 5.86. The maximum absolute atomic E-state index is 9.63. The molecule has 0 bridgehead atoms. The zero-order chi connectivity index (χ0) is 12.9. The van der Waals surface area contributed by atoms with Crippen molar-refractivity contribution in [1.82, 2.24) is 4.90 Å². The van der Waals surface area contributed by atoms with Gasteiger partial charge in [0, 0.05) is 18.6 Å². The first-order valence-electron chi connectivity index (χ1n) is 6.82. The van der Waals surface area contributed by atoms with Gasteiger partial charge in [0.1, 0.15) is 0 Å². The van der Waals surface area contributed by atoms with E-state index in [9.17, 15) is 5.11 Å². The van der Waals surface area contributed by atoms with Crippen LogP contribution in [0.1, 0.15) is 39.5 Å². The number of nitrogens with two attached hydrogens (primary N) is 1. The fourth-order valence-corrected chi connectivity index (χ4v) is 3.20. The van der Waals surface area contributed by atoms with Gasteiger partial charge >= 0.3 is 0 Å². The van der Waals surface area contributed by atoms with Crippen LogP contribution in [-0.4, -0.2) is 53.0 Å². The molecule has 1 rings (SSSR count). The molecule has 0 amide bonds. The van der Waals surface area contributed by atoms with Gasteiger partial charge in [-0.25, -0.2) is 0 Å². The van der Waals surface area contributed by atoms with Crippen molar-refractivity contribution < 1.29 is 10.2 Å². The van der Waals surface area contributed by atoms with Crippen LogP contribution in [0.15, 0.2) is 0 Å². The predicted molar refractivity (Wildman–Crippen MR) is 69.8 cm³/mol. The van der Waals surface area contributed by atoms with Crippen LogP contribution in [0.2, 0.25) is 0 Å². The normalized spacial score (nSPS) is 31.8. The number of rotatable bonds is 6. The Morgan fingerprint density at radius 1 is 1.53 bits per heavy atom. The van der Waals surface area contributed by atoms with E-state index >= 15 is 0 Å². The first-order chi connectivity index (χ1) is 8.07. The number of aliphatic hydroxyl groups is 2. The molecule has 0 radical (unpaired) electrons. The Balaban J connectivity index is 2.73. The Bertz CT molecular complexity index is 225. The van der Waals surface area contributed by atoms with Gasteiger partial charge in [-0.15, -0.1) is 0 Å². The van der Waals surface area contributed by atoms with Crippen LogP contribution >= 0.6 is 0 Å². The second-order valence-electron chi connectivity index (χ2n) is 5.51. The number of hydrogen-bond donors (Lipinski definition) is 3. The Morgan fingerprint density at radius 3 is 2.71 bits per heavy atom. The van der Waals surface area contributed by atoms with E-state index in [-0.39, 0.29) is 12.1 Å². The van der Waals surface area contributed by atoms with Gasteiger partial charge in [0.25, 0.3) is 0 Å². The fraction of sp³-hybridized carbons (Fsp3) is 1.00. The molecule has 102 valence electrons. The van der Waals surface area contributed by atoms with Crippen molar-refractivity contribution in [2.24, 2.45) is 11.7 Å². The van der Waals surface area contributed by atoms with E-state index in [1.54, 1.807) is 0 Å². The standard InChI is InChI=1S/C13H28N2O2/c1-3-15(8-12(17)9-16)13(10-14)6-4-5-11(2)7-13/h11-12,16-17H,3-10,14H2,1-2H3. The maximum atomic E-state index is 9.63. The molecule has 0 saturated heterocycles. The third kappa shape index (κ3) is 3.65. The highest BCUT2D eigenvalue weighted by molar-refractivity contribution is 4.96. The Hall–Kier alpha value is -0.160. The van der Waals surface area contributed by atoms with Crippen molar-refractivity contribution in [3.05, 3.63) is 0 Å². The van der Waals surface area contributed by atoms with Crippen LogP contribution < -0.4 is 5.73 Å². The lowest BCUT2D eigenvalue weighted by atomic mass is 9.75. The molecule has 1 fully saturated rings. The molecular weight excluding hydrogens is 216 g/mol. The van der Waals surface area contributed by atoms with Crippen LogP contribution in [0.5, 0.6) is 0 Å². The smallest absolute Gasteiger partial charge is 0.0897 e. The summed E-state index contributed by atoms with van der Waals surface area (Å²) in [4.78, 5) is 2.27. The summed E-state index contributed by atoms with van der Waals surface area (Å²) >= 11 is 0. The van der Waals surface area contributed by atoms with Crippen LogP contribution in [0, 0.1) is 5.92 Å². The molecule has 17 heavy (non-hydrogen) atoms. The van der Waals surface area contributed by atoms with Gasteiger partial charge in [0.2, 0.25) is 0 Å². The molecule has 0 aliphatic heterocycles. The largest absolute Gasteiger partial charge is 0.394 e. The molecule has 1 saturated carbocycles. The third-order valence-electron chi connectivity index (χ3n) is 4.14. The first kappa shape index (κ1) is 14.9.